The molecule has 0 saturated heterocycles. The molecule has 0 atom stereocenters. The van der Waals surface area contributed by atoms with Gasteiger partial charge >= 0.3 is 59.7 Å². The molecule has 0 aromatic rings. The number of ether oxygens (including phenoxy) is 12. The van der Waals surface area contributed by atoms with Crippen LogP contribution < -0.4 is 0 Å². The summed E-state index contributed by atoms with van der Waals surface area (Å²) in [6, 6.07) is 0. The Bertz CT molecular complexity index is 1600. The molecule has 0 aromatic carbocycles. The molecule has 0 spiro atoms. The third-order valence-electron chi connectivity index (χ3n) is 10.3. The van der Waals surface area contributed by atoms with E-state index in [4.69, 9.17) is 56.8 Å². The SMILES string of the molecule is CCC(COC(=O)CCS)(COC(=O)CCS)COC(=O)CCS.CCC(COC(=O)CS)(COC(=O)CS)COC(=O)CS.O=C(CCS)OCC(COC(=O)CCS)(COC(=O)CCS)COC(=O)CCS.SCCOCCOCCS. The smallest absolute Gasteiger partial charge is 0.315 e. The second-order valence-electron chi connectivity index (χ2n) is 17.3. The van der Waals surface area contributed by atoms with Crippen molar-refractivity contribution >= 4 is 211 Å². The van der Waals surface area contributed by atoms with Crippen LogP contribution in [0.5, 0.6) is 0 Å². The zero-order chi connectivity index (χ0) is 64.5. The first-order chi connectivity index (χ1) is 40.1. The van der Waals surface area contributed by atoms with E-state index in [9.17, 15) is 47.9 Å². The molecule has 0 aliphatic carbocycles. The standard InChI is InChI=1S/C17H28O8S4.C15H26O6S3.C12H20O6S3.C6H14O2S2/c18-13(1-5-26)22-9-17(10-23-14(19)2-6-27,11-24-15(20)3-7-28)12-25-16(21)4-8-29;1-2-15(9-19-12(16)3-6-22,10-20-13(17)4-7-23)11-21-14(18)5-8-24;1-2-12(6-16-9(13)3-19,7-17-10(14)4-20)8-18-11(15)5-21;9-5-3-7-1-2-8-4-6-10/h26-29H,1-12H2;22-24H,2-11H2,1H3;19-21H,2-8H2,1H3;9-10H,1-6H2. The van der Waals surface area contributed by atoms with E-state index in [0.29, 0.717) is 56.5 Å². The summed E-state index contributed by atoms with van der Waals surface area (Å²) in [5, 5.41) is 0. The summed E-state index contributed by atoms with van der Waals surface area (Å²) in [6.07, 6.45) is 1.80. The molecular formula is C50H88O22S12. The van der Waals surface area contributed by atoms with Crippen LogP contribution in [0, 0.1) is 16.2 Å². The first-order valence-electron chi connectivity index (χ1n) is 26.1. The van der Waals surface area contributed by atoms with Gasteiger partial charge in [0, 0.05) is 51.8 Å². The van der Waals surface area contributed by atoms with Gasteiger partial charge in [-0.3, -0.25) is 47.9 Å². The Hall–Kier alpha value is -1.18. The first-order valence-corrected chi connectivity index (χ1v) is 33.7. The number of carbonyl (C=O) groups excluding carboxylic acids is 10. The van der Waals surface area contributed by atoms with Gasteiger partial charge in [-0.25, -0.2) is 0 Å². The molecule has 0 aliphatic rings. The van der Waals surface area contributed by atoms with E-state index in [1.54, 1.807) is 0 Å². The van der Waals surface area contributed by atoms with Gasteiger partial charge < -0.3 is 56.8 Å². The number of hydrogen-bond acceptors (Lipinski definition) is 34. The van der Waals surface area contributed by atoms with Gasteiger partial charge in [0.25, 0.3) is 0 Å². The average Bonchev–Trinajstić information content (AvgIpc) is 3.58. The van der Waals surface area contributed by atoms with Crippen molar-refractivity contribution < 1.29 is 105 Å². The van der Waals surface area contributed by atoms with Gasteiger partial charge in [-0.15, -0.1) is 0 Å². The first kappa shape index (κ1) is 89.2. The monoisotopic (exact) mass is 1420 g/mol. The molecule has 0 amide bonds. The molecule has 84 heavy (non-hydrogen) atoms. The fourth-order valence-corrected chi connectivity index (χ4v) is 6.99. The summed E-state index contributed by atoms with van der Waals surface area (Å²) in [7, 11) is 0. The molecule has 0 radical (unpaired) electrons. The van der Waals surface area contributed by atoms with Crippen LogP contribution >= 0.6 is 152 Å². The minimum Gasteiger partial charge on any atom is -0.465 e. The molecule has 492 valence electrons. The van der Waals surface area contributed by atoms with E-state index in [2.05, 4.69) is 152 Å². The van der Waals surface area contributed by atoms with E-state index >= 15 is 0 Å². The molecule has 0 N–H and O–H groups in total. The van der Waals surface area contributed by atoms with Crippen molar-refractivity contribution in [2.75, 3.05) is 162 Å². The lowest BCUT2D eigenvalue weighted by molar-refractivity contribution is -0.171. The fourth-order valence-electron chi connectivity index (χ4n) is 5.18. The number of carbonyl (C=O) groups is 10. The van der Waals surface area contributed by atoms with Gasteiger partial charge in [-0.05, 0) is 12.8 Å². The Morgan fingerprint density at radius 1 is 0.238 bits per heavy atom. The van der Waals surface area contributed by atoms with Crippen molar-refractivity contribution in [2.45, 2.75) is 71.6 Å². The lowest BCUT2D eigenvalue weighted by Gasteiger charge is -2.31. The molecule has 0 unspecified atom stereocenters. The van der Waals surface area contributed by atoms with Gasteiger partial charge in [-0.2, -0.15) is 152 Å². The molecule has 0 aliphatic heterocycles. The van der Waals surface area contributed by atoms with Crippen LogP contribution in [0.4, 0.5) is 0 Å². The quantitative estimate of drug-likeness (QED) is 0.0164. The normalized spacial score (nSPS) is 10.8. The van der Waals surface area contributed by atoms with Crippen molar-refractivity contribution in [1.82, 2.24) is 0 Å². The van der Waals surface area contributed by atoms with Gasteiger partial charge in [-0.1, -0.05) is 13.8 Å². The maximum atomic E-state index is 11.8. The second-order valence-corrected chi connectivity index (χ2v) is 22.2. The summed E-state index contributed by atoms with van der Waals surface area (Å²) in [5.41, 5.74) is -2.82. The van der Waals surface area contributed by atoms with Crippen molar-refractivity contribution in [3.05, 3.63) is 0 Å². The number of rotatable bonds is 46. The molecule has 0 saturated carbocycles. The van der Waals surface area contributed by atoms with Crippen molar-refractivity contribution in [3.63, 3.8) is 0 Å². The molecule has 0 rings (SSSR count). The van der Waals surface area contributed by atoms with E-state index in [1.165, 1.54) is 0 Å². The van der Waals surface area contributed by atoms with Crippen LogP contribution in [0.2, 0.25) is 0 Å². The third-order valence-corrected chi connectivity index (χ3v) is 13.0. The summed E-state index contributed by atoms with van der Waals surface area (Å²) < 4.78 is 61.9. The third kappa shape index (κ3) is 52.7. The predicted molar refractivity (Wildman–Crippen MR) is 358 cm³/mol. The lowest BCUT2D eigenvalue weighted by atomic mass is 9.88. The number of hydrogen-bond donors (Lipinski definition) is 12. The molecular weight excluding hydrogens is 1340 g/mol. The van der Waals surface area contributed by atoms with Crippen LogP contribution in [0.1, 0.15) is 71.6 Å². The van der Waals surface area contributed by atoms with Gasteiger partial charge in [0.15, 0.2) is 0 Å². The van der Waals surface area contributed by atoms with Gasteiger partial charge in [0.05, 0.1) is 99.5 Å². The highest BCUT2D eigenvalue weighted by molar-refractivity contribution is 7.82. The molecule has 0 heterocycles. The largest absolute Gasteiger partial charge is 0.465 e. The van der Waals surface area contributed by atoms with Crippen LogP contribution in [-0.4, -0.2) is 221 Å². The van der Waals surface area contributed by atoms with E-state index < -0.39 is 75.9 Å². The van der Waals surface area contributed by atoms with Crippen molar-refractivity contribution in [2.24, 2.45) is 16.2 Å². The maximum Gasteiger partial charge on any atom is 0.315 e. The van der Waals surface area contributed by atoms with E-state index in [1.807, 2.05) is 13.8 Å². The predicted octanol–water partition coefficient (Wildman–Crippen LogP) is 5.08. The lowest BCUT2D eigenvalue weighted by Crippen LogP contribution is -2.44. The Morgan fingerprint density at radius 2 is 0.405 bits per heavy atom. The Labute approximate surface area is 560 Å². The summed E-state index contributed by atoms with van der Waals surface area (Å²) in [6.45, 7) is 5.15. The maximum absolute atomic E-state index is 11.8. The van der Waals surface area contributed by atoms with Crippen molar-refractivity contribution in [3.8, 4) is 0 Å². The topological polar surface area (TPSA) is 281 Å². The zero-order valence-corrected chi connectivity index (χ0v) is 58.3. The Kier molecular flexibility index (Phi) is 64.5. The molecule has 22 nitrogen and oxygen atoms in total. The minimum absolute atomic E-state index is 0.00157. The summed E-state index contributed by atoms with van der Waals surface area (Å²) >= 11 is 47.2. The molecule has 34 heteroatoms. The van der Waals surface area contributed by atoms with Gasteiger partial charge in [0.1, 0.15) is 71.5 Å². The van der Waals surface area contributed by atoms with Crippen LogP contribution in [0.25, 0.3) is 0 Å². The Morgan fingerprint density at radius 3 is 0.548 bits per heavy atom. The Balaban J connectivity index is -0.000000533. The van der Waals surface area contributed by atoms with Gasteiger partial charge in [0.2, 0.25) is 0 Å². The minimum atomic E-state index is -1.25. The van der Waals surface area contributed by atoms with Crippen LogP contribution in [0.15, 0.2) is 0 Å². The molecule has 0 fully saturated rings. The summed E-state index contributed by atoms with van der Waals surface area (Å²) in [5.74, 6) is -1.18. The number of thiol groups is 12. The zero-order valence-electron chi connectivity index (χ0n) is 47.6. The number of esters is 10. The average molecular weight is 1430 g/mol. The van der Waals surface area contributed by atoms with Crippen molar-refractivity contribution in [1.29, 1.82) is 0 Å². The van der Waals surface area contributed by atoms with E-state index in [-0.39, 0.29) is 151 Å². The molecule has 0 bridgehead atoms. The highest BCUT2D eigenvalue weighted by atomic mass is 32.1. The second kappa shape index (κ2) is 60.7. The highest BCUT2D eigenvalue weighted by Gasteiger charge is 2.39. The molecule has 0 aromatic heterocycles. The summed E-state index contributed by atoms with van der Waals surface area (Å²) in [4.78, 5) is 116. The van der Waals surface area contributed by atoms with Crippen LogP contribution in [0.3, 0.4) is 0 Å². The van der Waals surface area contributed by atoms with Crippen LogP contribution in [-0.2, 0) is 105 Å². The highest BCUT2D eigenvalue weighted by Crippen LogP contribution is 2.27. The fraction of sp³-hybridized carbons (Fsp3) is 0.800. The van der Waals surface area contributed by atoms with E-state index in [0.717, 1.165) is 11.5 Å².